The van der Waals surface area contributed by atoms with Gasteiger partial charge >= 0.3 is 5.97 Å². The maximum atomic E-state index is 11.0. The van der Waals surface area contributed by atoms with Gasteiger partial charge in [-0.25, -0.2) is 4.79 Å². The zero-order chi connectivity index (χ0) is 23.1. The minimum Gasteiger partial charge on any atom is -0.463 e. The fourth-order valence-corrected chi connectivity index (χ4v) is 2.22. The van der Waals surface area contributed by atoms with Crippen LogP contribution in [0.3, 0.4) is 0 Å². The number of benzene rings is 2. The predicted octanol–water partition coefficient (Wildman–Crippen LogP) is 4.53. The minimum absolute atomic E-state index is 0.000556. The molecule has 0 radical (unpaired) electrons. The monoisotopic (exact) mass is 424 g/mol. The molecule has 160 valence electrons. The van der Waals surface area contributed by atoms with E-state index in [9.17, 15) is 29.8 Å². The molecule has 0 heterocycles. The summed E-state index contributed by atoms with van der Waals surface area (Å²) in [6.45, 7) is 2.03. The molecule has 31 heavy (non-hydrogen) atoms. The Kier molecular flexibility index (Phi) is 10.9. The maximum absolute atomic E-state index is 11.0. The molecule has 9 heteroatoms. The highest BCUT2D eigenvalue weighted by atomic mass is 16.6. The topological polar surface area (TPSA) is 130 Å². The molecule has 0 aliphatic heterocycles. The molecule has 0 bridgehead atoms. The van der Waals surface area contributed by atoms with Crippen molar-refractivity contribution in [3.05, 3.63) is 104 Å². The van der Waals surface area contributed by atoms with Crippen molar-refractivity contribution in [2.45, 2.75) is 6.92 Å². The second-order valence-electron chi connectivity index (χ2n) is 5.60. The Bertz CT molecular complexity index is 1010. The Morgan fingerprint density at radius 3 is 1.81 bits per heavy atom. The first-order valence-electron chi connectivity index (χ1n) is 9.00. The molecule has 0 aromatic heterocycles. The number of allylic oxidation sites excluding steroid dienone is 3. The highest BCUT2D eigenvalue weighted by molar-refractivity contribution is 5.82. The molecule has 0 N–H and O–H groups in total. The molecule has 0 aliphatic rings. The first kappa shape index (κ1) is 24.6. The van der Waals surface area contributed by atoms with Crippen molar-refractivity contribution in [1.29, 1.82) is 0 Å². The van der Waals surface area contributed by atoms with Crippen LogP contribution < -0.4 is 0 Å². The lowest BCUT2D eigenvalue weighted by molar-refractivity contribution is -0.385. The van der Waals surface area contributed by atoms with E-state index in [1.54, 1.807) is 55.5 Å². The van der Waals surface area contributed by atoms with E-state index in [2.05, 4.69) is 4.74 Å². The number of hydrogen-bond donors (Lipinski definition) is 0. The van der Waals surface area contributed by atoms with Crippen molar-refractivity contribution < 1.29 is 24.2 Å². The number of carbonyl (C=O) groups is 2. The quantitative estimate of drug-likeness (QED) is 0.152. The van der Waals surface area contributed by atoms with Gasteiger partial charge in [-0.2, -0.15) is 0 Å². The van der Waals surface area contributed by atoms with Crippen LogP contribution >= 0.6 is 0 Å². The summed E-state index contributed by atoms with van der Waals surface area (Å²) < 4.78 is 4.69. The number of esters is 1. The van der Waals surface area contributed by atoms with Crippen LogP contribution in [0.5, 0.6) is 0 Å². The maximum Gasteiger partial charge on any atom is 0.330 e. The number of carbonyl (C=O) groups excluding carboxylic acids is 2. The summed E-state index contributed by atoms with van der Waals surface area (Å²) in [7, 11) is 0. The first-order chi connectivity index (χ1) is 14.9. The van der Waals surface area contributed by atoms with Crippen molar-refractivity contribution in [3.63, 3.8) is 0 Å². The van der Waals surface area contributed by atoms with E-state index in [0.717, 1.165) is 0 Å². The molecule has 0 saturated carbocycles. The number of rotatable bonds is 8. The van der Waals surface area contributed by atoms with E-state index in [-0.39, 0.29) is 11.4 Å². The summed E-state index contributed by atoms with van der Waals surface area (Å²) in [5, 5.41) is 21.2. The Morgan fingerprint density at radius 2 is 1.35 bits per heavy atom. The fourth-order valence-electron chi connectivity index (χ4n) is 2.22. The van der Waals surface area contributed by atoms with E-state index < -0.39 is 15.8 Å². The summed E-state index contributed by atoms with van der Waals surface area (Å²) in [6, 6.07) is 12.6. The summed E-state index contributed by atoms with van der Waals surface area (Å²) in [6.07, 6.45) is 9.07. The van der Waals surface area contributed by atoms with Gasteiger partial charge in [0, 0.05) is 18.2 Å². The number of hydrogen-bond acceptors (Lipinski definition) is 7. The molecular formula is C22H20N2O7. The number of nitro benzene ring substituents is 2. The predicted molar refractivity (Wildman–Crippen MR) is 116 cm³/mol. The van der Waals surface area contributed by atoms with Gasteiger partial charge in [-0.15, -0.1) is 0 Å². The molecule has 0 saturated heterocycles. The SMILES string of the molecule is CCOC(=O)C=CC=Cc1ccccc1[N+](=O)[O-].O=CC=Cc1ccccc1[N+](=O)[O-]. The third-order valence-electron chi connectivity index (χ3n) is 3.53. The Morgan fingerprint density at radius 1 is 0.871 bits per heavy atom. The summed E-state index contributed by atoms with van der Waals surface area (Å²) in [4.78, 5) is 41.2. The van der Waals surface area contributed by atoms with Crippen molar-refractivity contribution in [3.8, 4) is 0 Å². The van der Waals surface area contributed by atoms with Gasteiger partial charge < -0.3 is 4.74 Å². The van der Waals surface area contributed by atoms with Gasteiger partial charge in [0.05, 0.1) is 27.6 Å². The molecule has 2 rings (SSSR count). The van der Waals surface area contributed by atoms with Crippen LogP contribution in [-0.2, 0) is 14.3 Å². The van der Waals surface area contributed by atoms with Crippen LogP contribution in [-0.4, -0.2) is 28.7 Å². The number of nitro groups is 2. The van der Waals surface area contributed by atoms with Crippen molar-refractivity contribution in [2.24, 2.45) is 0 Å². The van der Waals surface area contributed by atoms with E-state index >= 15 is 0 Å². The van der Waals surface area contributed by atoms with Crippen LogP contribution in [0.1, 0.15) is 18.1 Å². The van der Waals surface area contributed by atoms with Crippen LogP contribution in [0.4, 0.5) is 11.4 Å². The average Bonchev–Trinajstić information content (AvgIpc) is 2.76. The highest BCUT2D eigenvalue weighted by Gasteiger charge is 2.09. The first-order valence-corrected chi connectivity index (χ1v) is 9.00. The smallest absolute Gasteiger partial charge is 0.330 e. The second kappa shape index (κ2) is 13.7. The summed E-state index contributed by atoms with van der Waals surface area (Å²) >= 11 is 0. The fraction of sp³-hybridized carbons (Fsp3) is 0.0909. The van der Waals surface area contributed by atoms with Gasteiger partial charge in [0.1, 0.15) is 6.29 Å². The molecule has 0 amide bonds. The van der Waals surface area contributed by atoms with Gasteiger partial charge in [-0.1, -0.05) is 36.4 Å². The normalized spacial score (nSPS) is 10.6. The zero-order valence-electron chi connectivity index (χ0n) is 16.6. The second-order valence-corrected chi connectivity index (χ2v) is 5.60. The molecule has 0 atom stereocenters. The third-order valence-corrected chi connectivity index (χ3v) is 3.53. The molecule has 9 nitrogen and oxygen atoms in total. The molecule has 0 aliphatic carbocycles. The summed E-state index contributed by atoms with van der Waals surface area (Å²) in [5.41, 5.74) is 0.939. The molecule has 0 unspecified atom stereocenters. The Labute approximate surface area is 178 Å². The van der Waals surface area contributed by atoms with Crippen molar-refractivity contribution >= 4 is 35.8 Å². The van der Waals surface area contributed by atoms with E-state index in [4.69, 9.17) is 0 Å². The minimum atomic E-state index is -0.482. The van der Waals surface area contributed by atoms with Gasteiger partial charge in [-0.05, 0) is 37.3 Å². The number of para-hydroxylation sites is 2. The van der Waals surface area contributed by atoms with Crippen molar-refractivity contribution in [1.82, 2.24) is 0 Å². The molecule has 2 aromatic carbocycles. The van der Waals surface area contributed by atoms with Gasteiger partial charge in [0.2, 0.25) is 0 Å². The largest absolute Gasteiger partial charge is 0.463 e. The lowest BCUT2D eigenvalue weighted by atomic mass is 10.1. The van der Waals surface area contributed by atoms with Gasteiger partial charge in [0.15, 0.2) is 0 Å². The lowest BCUT2D eigenvalue weighted by Gasteiger charge is -1.95. The number of aldehydes is 1. The molecular weight excluding hydrogens is 404 g/mol. The van der Waals surface area contributed by atoms with E-state index in [1.807, 2.05) is 0 Å². The van der Waals surface area contributed by atoms with E-state index in [0.29, 0.717) is 24.0 Å². The summed E-state index contributed by atoms with van der Waals surface area (Å²) in [5.74, 6) is -0.440. The van der Waals surface area contributed by atoms with E-state index in [1.165, 1.54) is 36.4 Å². The standard InChI is InChI=1S/C13H13NO4.C9H7NO3/c1-2-18-13(15)10-6-4-8-11-7-3-5-9-12(11)14(16)17;11-7-3-5-8-4-1-2-6-9(8)10(12)13/h3-10H,2H2,1H3;1-7H. The lowest BCUT2D eigenvalue weighted by Crippen LogP contribution is -1.98. The van der Waals surface area contributed by atoms with Gasteiger partial charge in [0.25, 0.3) is 11.4 Å². The molecule has 2 aromatic rings. The Balaban J connectivity index is 0.000000327. The van der Waals surface area contributed by atoms with Crippen LogP contribution in [0.2, 0.25) is 0 Å². The average molecular weight is 424 g/mol. The van der Waals surface area contributed by atoms with Crippen LogP contribution in [0.15, 0.2) is 72.8 Å². The van der Waals surface area contributed by atoms with Crippen LogP contribution in [0, 0.1) is 20.2 Å². The Hall–Kier alpha value is -4.40. The third kappa shape index (κ3) is 9.09. The zero-order valence-corrected chi connectivity index (χ0v) is 16.6. The van der Waals surface area contributed by atoms with Crippen molar-refractivity contribution in [2.75, 3.05) is 6.61 Å². The number of ether oxygens (including phenoxy) is 1. The number of nitrogens with zero attached hydrogens (tertiary/aromatic N) is 2. The highest BCUT2D eigenvalue weighted by Crippen LogP contribution is 2.19. The molecule has 0 spiro atoms. The van der Waals surface area contributed by atoms with Gasteiger partial charge in [-0.3, -0.25) is 25.0 Å². The molecule has 0 fully saturated rings. The van der Waals surface area contributed by atoms with Crippen LogP contribution in [0.25, 0.3) is 12.2 Å².